The molecule has 1 saturated heterocycles. The Balaban J connectivity index is 1.84. The molecule has 0 unspecified atom stereocenters. The third kappa shape index (κ3) is 8.60. The van der Waals surface area contributed by atoms with Gasteiger partial charge in [0.25, 0.3) is 0 Å². The minimum atomic E-state index is -0.533. The second kappa shape index (κ2) is 12.2. The van der Waals surface area contributed by atoms with E-state index < -0.39 is 6.10 Å². The van der Waals surface area contributed by atoms with Crippen LogP contribution in [0.3, 0.4) is 0 Å². The van der Waals surface area contributed by atoms with Gasteiger partial charge in [0.15, 0.2) is 0 Å². The number of nitrogens with two attached hydrogens (primary N) is 1. The lowest BCUT2D eigenvalue weighted by molar-refractivity contribution is 0.0734. The van der Waals surface area contributed by atoms with Crippen molar-refractivity contribution in [1.29, 1.82) is 0 Å². The van der Waals surface area contributed by atoms with Gasteiger partial charge in [0.2, 0.25) is 0 Å². The number of ether oxygens (including phenoxy) is 1. The van der Waals surface area contributed by atoms with Crippen LogP contribution in [0.15, 0.2) is 12.2 Å². The summed E-state index contributed by atoms with van der Waals surface area (Å²) in [6.45, 7) is 2.73. The maximum absolute atomic E-state index is 9.73. The molecule has 1 aliphatic heterocycles. The first-order valence-electron chi connectivity index (χ1n) is 8.97. The van der Waals surface area contributed by atoms with Gasteiger partial charge in [-0.25, -0.2) is 0 Å². The average Bonchev–Trinajstić information content (AvgIpc) is 2.80. The molecule has 1 fully saturated rings. The van der Waals surface area contributed by atoms with Gasteiger partial charge in [0, 0.05) is 0 Å². The number of hydrogen-bond acceptors (Lipinski definition) is 3. The van der Waals surface area contributed by atoms with Crippen LogP contribution in [0.25, 0.3) is 0 Å². The van der Waals surface area contributed by atoms with Gasteiger partial charge in [-0.15, -0.1) is 0 Å². The van der Waals surface area contributed by atoms with E-state index in [1.807, 2.05) is 6.08 Å². The predicted octanol–water partition coefficient (Wildman–Crippen LogP) is 3.94. The molecule has 3 nitrogen and oxygen atoms in total. The summed E-state index contributed by atoms with van der Waals surface area (Å²) in [5.74, 6) is 0. The lowest BCUT2D eigenvalue weighted by atomic mass is 10.1. The molecule has 0 aromatic heterocycles. The Morgan fingerprint density at radius 2 is 1.57 bits per heavy atom. The Bertz CT molecular complexity index is 268. The van der Waals surface area contributed by atoms with Crippen molar-refractivity contribution in [1.82, 2.24) is 0 Å². The Hall–Kier alpha value is -0.380. The van der Waals surface area contributed by atoms with Gasteiger partial charge in [-0.3, -0.25) is 0 Å². The van der Waals surface area contributed by atoms with Crippen LogP contribution < -0.4 is 5.73 Å². The number of allylic oxidation sites excluding steroid dienone is 1. The number of aliphatic hydroxyl groups excluding tert-OH is 1. The summed E-state index contributed by atoms with van der Waals surface area (Å²) < 4.78 is 5.42. The minimum absolute atomic E-state index is 0.192. The van der Waals surface area contributed by atoms with Gasteiger partial charge < -0.3 is 15.6 Å². The molecule has 124 valence electrons. The number of rotatable bonds is 12. The van der Waals surface area contributed by atoms with Crippen LogP contribution in [-0.4, -0.2) is 30.0 Å². The summed E-state index contributed by atoms with van der Waals surface area (Å²) in [6, 6.07) is -0.225. The largest absolute Gasteiger partial charge is 0.388 e. The van der Waals surface area contributed by atoms with Crippen molar-refractivity contribution in [2.24, 2.45) is 5.73 Å². The second-order valence-electron chi connectivity index (χ2n) is 6.35. The fraction of sp³-hybridized carbons (Fsp3) is 0.889. The Labute approximate surface area is 130 Å². The number of hydrogen-bond donors (Lipinski definition) is 2. The van der Waals surface area contributed by atoms with Crippen molar-refractivity contribution in [3.63, 3.8) is 0 Å². The zero-order valence-corrected chi connectivity index (χ0v) is 13.8. The van der Waals surface area contributed by atoms with E-state index in [4.69, 9.17) is 10.5 Å². The second-order valence-corrected chi connectivity index (χ2v) is 6.35. The molecular weight excluding hydrogens is 262 g/mol. The van der Waals surface area contributed by atoms with E-state index in [2.05, 4.69) is 13.0 Å². The standard InChI is InChI=1S/C18H35NO2/c1-2-3-4-5-6-7-8-9-10-11-12-13-14-17-18(20)16(19)15-21-17/h13-14,16-18,20H,2-12,15,19H2,1H3/b14-13-/t16-,17+,18+/m0/s1. The third-order valence-electron chi connectivity index (χ3n) is 4.31. The SMILES string of the molecule is CCCCCCCCCCCC/C=C\[C@H]1OC[C@H](N)[C@H]1O. The molecule has 0 spiro atoms. The monoisotopic (exact) mass is 297 g/mol. The minimum Gasteiger partial charge on any atom is -0.388 e. The van der Waals surface area contributed by atoms with Crippen molar-refractivity contribution in [2.45, 2.75) is 95.8 Å². The van der Waals surface area contributed by atoms with E-state index in [9.17, 15) is 5.11 Å². The Morgan fingerprint density at radius 3 is 2.10 bits per heavy atom. The fourth-order valence-electron chi connectivity index (χ4n) is 2.81. The molecule has 0 amide bonds. The van der Waals surface area contributed by atoms with Gasteiger partial charge in [-0.2, -0.15) is 0 Å². The van der Waals surface area contributed by atoms with Crippen molar-refractivity contribution < 1.29 is 9.84 Å². The highest BCUT2D eigenvalue weighted by Crippen LogP contribution is 2.15. The molecule has 3 atom stereocenters. The lowest BCUT2D eigenvalue weighted by Crippen LogP contribution is -2.35. The van der Waals surface area contributed by atoms with E-state index in [0.717, 1.165) is 6.42 Å². The molecule has 0 radical (unpaired) electrons. The molecule has 0 aromatic carbocycles. The third-order valence-corrected chi connectivity index (χ3v) is 4.31. The van der Waals surface area contributed by atoms with Crippen molar-refractivity contribution in [3.05, 3.63) is 12.2 Å². The van der Waals surface area contributed by atoms with E-state index >= 15 is 0 Å². The molecule has 3 N–H and O–H groups in total. The molecule has 1 heterocycles. The van der Waals surface area contributed by atoms with Crippen LogP contribution in [-0.2, 0) is 4.74 Å². The smallest absolute Gasteiger partial charge is 0.103 e. The highest BCUT2D eigenvalue weighted by molar-refractivity contribution is 5.00. The van der Waals surface area contributed by atoms with E-state index in [0.29, 0.717) is 6.61 Å². The molecule has 21 heavy (non-hydrogen) atoms. The number of aliphatic hydroxyl groups is 1. The summed E-state index contributed by atoms with van der Waals surface area (Å²) in [5, 5.41) is 9.73. The molecule has 0 aromatic rings. The van der Waals surface area contributed by atoms with Crippen LogP contribution in [0.4, 0.5) is 0 Å². The van der Waals surface area contributed by atoms with Gasteiger partial charge in [0.05, 0.1) is 12.6 Å². The lowest BCUT2D eigenvalue weighted by Gasteiger charge is -2.10. The summed E-state index contributed by atoms with van der Waals surface area (Å²) >= 11 is 0. The van der Waals surface area contributed by atoms with Gasteiger partial charge >= 0.3 is 0 Å². The van der Waals surface area contributed by atoms with Crippen LogP contribution in [0.5, 0.6) is 0 Å². The summed E-state index contributed by atoms with van der Waals surface area (Å²) in [5.41, 5.74) is 5.70. The molecular formula is C18H35NO2. The first-order valence-corrected chi connectivity index (χ1v) is 8.97. The molecule has 1 rings (SSSR count). The zero-order valence-electron chi connectivity index (χ0n) is 13.8. The van der Waals surface area contributed by atoms with Gasteiger partial charge in [-0.1, -0.05) is 76.9 Å². The first-order chi connectivity index (χ1) is 10.3. The molecule has 0 aliphatic carbocycles. The fourth-order valence-corrected chi connectivity index (χ4v) is 2.81. The van der Waals surface area contributed by atoms with Gasteiger partial charge in [-0.05, 0) is 12.8 Å². The maximum Gasteiger partial charge on any atom is 0.103 e. The van der Waals surface area contributed by atoms with E-state index in [1.165, 1.54) is 64.2 Å². The van der Waals surface area contributed by atoms with Crippen LogP contribution >= 0.6 is 0 Å². The topological polar surface area (TPSA) is 55.5 Å². The highest BCUT2D eigenvalue weighted by Gasteiger charge is 2.31. The molecule has 1 aliphatic rings. The van der Waals surface area contributed by atoms with Gasteiger partial charge in [0.1, 0.15) is 12.2 Å². The Morgan fingerprint density at radius 1 is 1.00 bits per heavy atom. The number of unbranched alkanes of at least 4 members (excludes halogenated alkanes) is 10. The first kappa shape index (κ1) is 18.7. The van der Waals surface area contributed by atoms with Crippen LogP contribution in [0.2, 0.25) is 0 Å². The quantitative estimate of drug-likeness (QED) is 0.424. The Kier molecular flexibility index (Phi) is 10.8. The van der Waals surface area contributed by atoms with Crippen LogP contribution in [0.1, 0.15) is 77.6 Å². The summed E-state index contributed by atoms with van der Waals surface area (Å²) in [6.07, 6.45) is 18.1. The van der Waals surface area contributed by atoms with Crippen molar-refractivity contribution >= 4 is 0 Å². The average molecular weight is 297 g/mol. The summed E-state index contributed by atoms with van der Waals surface area (Å²) in [7, 11) is 0. The van der Waals surface area contributed by atoms with Crippen molar-refractivity contribution in [2.75, 3.05) is 6.61 Å². The maximum atomic E-state index is 9.73. The summed E-state index contributed by atoms with van der Waals surface area (Å²) in [4.78, 5) is 0. The van der Waals surface area contributed by atoms with Crippen molar-refractivity contribution in [3.8, 4) is 0 Å². The normalized spacial score (nSPS) is 26.0. The highest BCUT2D eigenvalue weighted by atomic mass is 16.5. The predicted molar refractivity (Wildman–Crippen MR) is 89.3 cm³/mol. The van der Waals surface area contributed by atoms with E-state index in [-0.39, 0.29) is 12.1 Å². The molecule has 3 heteroatoms. The van der Waals surface area contributed by atoms with Crippen LogP contribution in [0, 0.1) is 0 Å². The zero-order chi connectivity index (χ0) is 15.3. The molecule has 0 saturated carbocycles. The van der Waals surface area contributed by atoms with E-state index in [1.54, 1.807) is 0 Å². The molecule has 0 bridgehead atoms.